The Balaban J connectivity index is 1.23. The highest BCUT2D eigenvalue weighted by Crippen LogP contribution is 2.34. The van der Waals surface area contributed by atoms with Crippen LogP contribution in [0.1, 0.15) is 39.1 Å². The van der Waals surface area contributed by atoms with Crippen LogP contribution in [0.5, 0.6) is 5.75 Å². The molecule has 0 fully saturated rings. The molecule has 1 atom stereocenters. The lowest BCUT2D eigenvalue weighted by Crippen LogP contribution is -2.28. The normalized spacial score (nSPS) is 14.8. The molecule has 0 saturated heterocycles. The molecule has 2 amide bonds. The highest BCUT2D eigenvalue weighted by atomic mass is 32.2. The average Bonchev–Trinajstić information content (AvgIpc) is 3.71. The van der Waals surface area contributed by atoms with E-state index in [9.17, 15) is 14.0 Å². The van der Waals surface area contributed by atoms with Gasteiger partial charge in [-0.25, -0.2) is 9.40 Å². The van der Waals surface area contributed by atoms with E-state index in [0.29, 0.717) is 28.7 Å². The molecule has 0 aliphatic carbocycles. The van der Waals surface area contributed by atoms with E-state index in [4.69, 9.17) is 4.74 Å². The molecule has 3 heterocycles. The van der Waals surface area contributed by atoms with Crippen LogP contribution < -0.4 is 10.1 Å². The Morgan fingerprint density at radius 2 is 1.90 bits per heavy atom. The summed E-state index contributed by atoms with van der Waals surface area (Å²) in [4.78, 5) is 26.8. The molecule has 0 spiro atoms. The third-order valence-corrected chi connectivity index (χ3v) is 8.16. The molecule has 0 unspecified atom stereocenters. The second-order valence-corrected chi connectivity index (χ2v) is 10.6. The minimum atomic E-state index is -0.331. The second kappa shape index (κ2) is 11.8. The number of halogens is 1. The number of thiophene rings is 1. The van der Waals surface area contributed by atoms with Crippen LogP contribution in [0.25, 0.3) is 0 Å². The van der Waals surface area contributed by atoms with Gasteiger partial charge in [-0.2, -0.15) is 5.10 Å². The van der Waals surface area contributed by atoms with Gasteiger partial charge in [0.1, 0.15) is 11.6 Å². The number of carbonyl (C=O) groups excluding carboxylic acids is 2. The van der Waals surface area contributed by atoms with Crippen LogP contribution in [0.4, 0.5) is 4.39 Å². The molecule has 1 aliphatic heterocycles. The molecule has 4 aromatic rings. The Kier molecular flexibility index (Phi) is 8.03. The lowest BCUT2D eigenvalue weighted by Gasteiger charge is -2.21. The third-order valence-electron chi connectivity index (χ3n) is 6.24. The van der Waals surface area contributed by atoms with E-state index in [1.807, 2.05) is 17.5 Å². The van der Waals surface area contributed by atoms with Gasteiger partial charge in [0.15, 0.2) is 11.0 Å². The van der Waals surface area contributed by atoms with Crippen molar-refractivity contribution in [2.75, 3.05) is 12.9 Å². The summed E-state index contributed by atoms with van der Waals surface area (Å²) in [5, 5.41) is 19.8. The minimum Gasteiger partial charge on any atom is -0.497 e. The molecule has 9 nitrogen and oxygen atoms in total. The van der Waals surface area contributed by atoms with Crippen molar-refractivity contribution in [2.45, 2.75) is 24.2 Å². The zero-order chi connectivity index (χ0) is 27.4. The lowest BCUT2D eigenvalue weighted by atomic mass is 10.0. The standard InChI is InChI=1S/C27H25FN6O3S2/c1-33-24(15-29-26(36)18-7-11-20(37-2)12-8-18)30-31-27(33)39-16-25(35)34-22(17-5-9-19(28)10-6-17)14-21(32-34)23-4-3-13-38-23/h3-13,22H,14-16H2,1-2H3,(H,29,36)/t22-/m1/s1. The summed E-state index contributed by atoms with van der Waals surface area (Å²) in [7, 11) is 3.35. The molecule has 12 heteroatoms. The molecule has 1 aliphatic rings. The van der Waals surface area contributed by atoms with Crippen LogP contribution in [0.3, 0.4) is 0 Å². The number of hydrogen-bond acceptors (Lipinski definition) is 8. The Hall–Kier alpha value is -4.03. The Labute approximate surface area is 232 Å². The number of methoxy groups -OCH3 is 1. The molecule has 0 saturated carbocycles. The molecule has 0 radical (unpaired) electrons. The fourth-order valence-corrected chi connectivity index (χ4v) is 5.60. The molecule has 39 heavy (non-hydrogen) atoms. The zero-order valence-corrected chi connectivity index (χ0v) is 22.8. The van der Waals surface area contributed by atoms with E-state index in [1.165, 1.54) is 28.9 Å². The van der Waals surface area contributed by atoms with Crippen LogP contribution in [0, 0.1) is 5.82 Å². The largest absolute Gasteiger partial charge is 0.497 e. The molecule has 200 valence electrons. The van der Waals surface area contributed by atoms with Crippen molar-refractivity contribution in [1.82, 2.24) is 25.1 Å². The van der Waals surface area contributed by atoms with Gasteiger partial charge in [-0.1, -0.05) is 30.0 Å². The molecular formula is C27H25FN6O3S2. The number of aromatic nitrogens is 3. The lowest BCUT2D eigenvalue weighted by molar-refractivity contribution is -0.130. The first-order valence-electron chi connectivity index (χ1n) is 12.0. The summed E-state index contributed by atoms with van der Waals surface area (Å²) < 4.78 is 20.4. The van der Waals surface area contributed by atoms with Gasteiger partial charge in [0.05, 0.1) is 36.0 Å². The maximum absolute atomic E-state index is 13.5. The van der Waals surface area contributed by atoms with E-state index in [-0.39, 0.29) is 36.0 Å². The van der Waals surface area contributed by atoms with Gasteiger partial charge < -0.3 is 14.6 Å². The van der Waals surface area contributed by atoms with Crippen LogP contribution >= 0.6 is 23.1 Å². The Morgan fingerprint density at radius 1 is 1.13 bits per heavy atom. The first-order chi connectivity index (χ1) is 18.9. The second-order valence-electron chi connectivity index (χ2n) is 8.69. The molecular weight excluding hydrogens is 539 g/mol. The van der Waals surface area contributed by atoms with Gasteiger partial charge in [-0.05, 0) is 53.4 Å². The number of carbonyl (C=O) groups is 2. The summed E-state index contributed by atoms with van der Waals surface area (Å²) in [6.45, 7) is 0.177. The number of nitrogens with one attached hydrogen (secondary N) is 1. The minimum absolute atomic E-state index is 0.0864. The Morgan fingerprint density at radius 3 is 2.59 bits per heavy atom. The smallest absolute Gasteiger partial charge is 0.253 e. The summed E-state index contributed by atoms with van der Waals surface area (Å²) >= 11 is 2.80. The zero-order valence-electron chi connectivity index (χ0n) is 21.2. The van der Waals surface area contributed by atoms with Crippen molar-refractivity contribution in [3.63, 3.8) is 0 Å². The maximum Gasteiger partial charge on any atom is 0.253 e. The average molecular weight is 565 g/mol. The highest BCUT2D eigenvalue weighted by Gasteiger charge is 2.33. The summed E-state index contributed by atoms with van der Waals surface area (Å²) in [6, 6.07) is 16.6. The molecule has 5 rings (SSSR count). The predicted molar refractivity (Wildman–Crippen MR) is 147 cm³/mol. The topological polar surface area (TPSA) is 102 Å². The van der Waals surface area contributed by atoms with Gasteiger partial charge in [0.2, 0.25) is 0 Å². The molecule has 2 aromatic carbocycles. The molecule has 0 bridgehead atoms. The van der Waals surface area contributed by atoms with Crippen molar-refractivity contribution in [3.05, 3.63) is 93.7 Å². The highest BCUT2D eigenvalue weighted by molar-refractivity contribution is 7.99. The number of hydrogen-bond donors (Lipinski definition) is 1. The summed E-state index contributed by atoms with van der Waals surface area (Å²) in [6.07, 6.45) is 0.546. The summed E-state index contributed by atoms with van der Waals surface area (Å²) in [5.74, 6) is 0.535. The predicted octanol–water partition coefficient (Wildman–Crippen LogP) is 4.42. The van der Waals surface area contributed by atoms with Crippen LogP contribution in [0.15, 0.2) is 76.3 Å². The van der Waals surface area contributed by atoms with Crippen molar-refractivity contribution < 1.29 is 18.7 Å². The maximum atomic E-state index is 13.5. The quantitative estimate of drug-likeness (QED) is 0.302. The number of benzene rings is 2. The van der Waals surface area contributed by atoms with Gasteiger partial charge >= 0.3 is 0 Å². The van der Waals surface area contributed by atoms with Gasteiger partial charge in [-0.15, -0.1) is 21.5 Å². The van der Waals surface area contributed by atoms with Crippen LogP contribution in [0.2, 0.25) is 0 Å². The van der Waals surface area contributed by atoms with E-state index in [0.717, 1.165) is 16.2 Å². The van der Waals surface area contributed by atoms with Crippen LogP contribution in [-0.4, -0.2) is 50.2 Å². The number of ether oxygens (including phenoxy) is 1. The Bertz CT molecular complexity index is 1490. The van der Waals surface area contributed by atoms with Crippen LogP contribution in [-0.2, 0) is 18.4 Å². The monoisotopic (exact) mass is 564 g/mol. The number of nitrogens with zero attached hydrogens (tertiary/aromatic N) is 5. The molecule has 2 aromatic heterocycles. The fraction of sp³-hybridized carbons (Fsp3) is 0.222. The number of rotatable bonds is 9. The van der Waals surface area contributed by atoms with Crippen molar-refractivity contribution in [2.24, 2.45) is 12.1 Å². The van der Waals surface area contributed by atoms with Gasteiger partial charge in [0, 0.05) is 19.0 Å². The first-order valence-corrected chi connectivity index (χ1v) is 13.9. The van der Waals surface area contributed by atoms with E-state index in [1.54, 1.807) is 66.5 Å². The van der Waals surface area contributed by atoms with E-state index >= 15 is 0 Å². The summed E-state index contributed by atoms with van der Waals surface area (Å²) in [5.41, 5.74) is 2.15. The number of hydrazone groups is 1. The van der Waals surface area contributed by atoms with Crippen molar-refractivity contribution >= 4 is 40.6 Å². The molecule has 1 N–H and O–H groups in total. The first kappa shape index (κ1) is 26.6. The third kappa shape index (κ3) is 6.02. The van der Waals surface area contributed by atoms with Gasteiger partial charge in [0.25, 0.3) is 11.8 Å². The van der Waals surface area contributed by atoms with Crippen molar-refractivity contribution in [1.29, 1.82) is 0 Å². The number of amides is 2. The van der Waals surface area contributed by atoms with Gasteiger partial charge in [-0.3, -0.25) is 9.59 Å². The van der Waals surface area contributed by atoms with E-state index < -0.39 is 0 Å². The van der Waals surface area contributed by atoms with Crippen molar-refractivity contribution in [3.8, 4) is 5.75 Å². The number of thioether (sulfide) groups is 1. The fourth-order valence-electron chi connectivity index (χ4n) is 4.10. The SMILES string of the molecule is COc1ccc(C(=O)NCc2nnc(SCC(=O)N3N=C(c4cccs4)C[C@@H]3c3ccc(F)cc3)n2C)cc1. The van der Waals surface area contributed by atoms with E-state index in [2.05, 4.69) is 20.6 Å².